The average molecular weight is 347 g/mol. The van der Waals surface area contributed by atoms with Crippen molar-refractivity contribution in [3.63, 3.8) is 0 Å². The highest BCUT2D eigenvalue weighted by molar-refractivity contribution is 7.98. The number of aromatic nitrogens is 3. The summed E-state index contributed by atoms with van der Waals surface area (Å²) in [7, 11) is 0. The molecule has 0 fully saturated rings. The van der Waals surface area contributed by atoms with Crippen LogP contribution in [-0.4, -0.2) is 20.5 Å². The summed E-state index contributed by atoms with van der Waals surface area (Å²) in [6, 6.07) is 7.77. The topological polar surface area (TPSA) is 59.8 Å². The number of allylic oxidation sites excluding steroid dienone is 2. The molecule has 2 heterocycles. The minimum atomic E-state index is -0.0978. The van der Waals surface area contributed by atoms with Gasteiger partial charge in [0.05, 0.1) is 12.5 Å². The van der Waals surface area contributed by atoms with E-state index >= 15 is 0 Å². The number of ketones is 1. The molecule has 1 aromatic carbocycles. The number of halogens is 1. The van der Waals surface area contributed by atoms with E-state index in [9.17, 15) is 4.79 Å². The summed E-state index contributed by atoms with van der Waals surface area (Å²) in [5.74, 6) is 1.61. The molecule has 0 radical (unpaired) electrons. The standard InChI is InChI=1S/C16H15ClN4OS/c17-12-5-2-1-4-10(12)9-23-16-19-15-18-13-6-3-7-14(22)11(13)8-21(15)20-16/h1-2,4-6,11H,3,7-9H2,(H,18,19,20)/t11-/m1/s1. The SMILES string of the molecule is O=C1CCC=C2Nc3nc(SCc4ccccc4Cl)nn3C[C@@H]12. The third kappa shape index (κ3) is 2.88. The van der Waals surface area contributed by atoms with Crippen LogP contribution in [0.4, 0.5) is 5.95 Å². The molecule has 1 aromatic heterocycles. The second-order valence-electron chi connectivity index (χ2n) is 5.62. The molecular weight excluding hydrogens is 332 g/mol. The number of thioether (sulfide) groups is 1. The molecule has 0 bridgehead atoms. The number of nitrogens with zero attached hydrogens (tertiary/aromatic N) is 3. The minimum absolute atomic E-state index is 0.0978. The first-order valence-electron chi connectivity index (χ1n) is 7.51. The van der Waals surface area contributed by atoms with Gasteiger partial charge in [0.1, 0.15) is 5.78 Å². The van der Waals surface area contributed by atoms with Crippen LogP contribution in [0.5, 0.6) is 0 Å². The van der Waals surface area contributed by atoms with Crippen molar-refractivity contribution in [1.82, 2.24) is 14.8 Å². The van der Waals surface area contributed by atoms with Crippen molar-refractivity contribution in [3.8, 4) is 0 Å². The largest absolute Gasteiger partial charge is 0.328 e. The van der Waals surface area contributed by atoms with Gasteiger partial charge in [0.2, 0.25) is 11.1 Å². The number of nitrogens with one attached hydrogen (secondary N) is 1. The van der Waals surface area contributed by atoms with Crippen LogP contribution in [0.2, 0.25) is 5.02 Å². The van der Waals surface area contributed by atoms with Crippen molar-refractivity contribution < 1.29 is 4.79 Å². The Morgan fingerprint density at radius 3 is 3.13 bits per heavy atom. The first-order chi connectivity index (χ1) is 11.2. The van der Waals surface area contributed by atoms with Crippen LogP contribution in [0.3, 0.4) is 0 Å². The fraction of sp³-hybridized carbons (Fsp3) is 0.312. The molecule has 0 unspecified atom stereocenters. The van der Waals surface area contributed by atoms with Crippen molar-refractivity contribution in [2.45, 2.75) is 30.3 Å². The molecule has 2 aromatic rings. The first kappa shape index (κ1) is 14.8. The van der Waals surface area contributed by atoms with Crippen LogP contribution in [0.1, 0.15) is 18.4 Å². The van der Waals surface area contributed by atoms with Crippen LogP contribution in [0.15, 0.2) is 41.2 Å². The van der Waals surface area contributed by atoms with Crippen molar-refractivity contribution in [2.75, 3.05) is 5.32 Å². The van der Waals surface area contributed by atoms with Gasteiger partial charge in [0.25, 0.3) is 0 Å². The summed E-state index contributed by atoms with van der Waals surface area (Å²) >= 11 is 7.72. The molecule has 0 saturated carbocycles. The summed E-state index contributed by atoms with van der Waals surface area (Å²) in [5.41, 5.74) is 2.04. The Labute approximate surface area is 143 Å². The first-order valence-corrected chi connectivity index (χ1v) is 8.88. The highest BCUT2D eigenvalue weighted by Crippen LogP contribution is 2.32. The van der Waals surface area contributed by atoms with Crippen LogP contribution in [0.25, 0.3) is 0 Å². The number of carbonyl (C=O) groups excluding carboxylic acids is 1. The second kappa shape index (κ2) is 6.02. The number of Topliss-reactive ketones (excluding diaryl/α,β-unsaturated/α-hetero) is 1. The number of rotatable bonds is 3. The molecule has 4 rings (SSSR count). The van der Waals surface area contributed by atoms with Gasteiger partial charge in [-0.15, -0.1) is 5.10 Å². The lowest BCUT2D eigenvalue weighted by atomic mass is 9.90. The highest BCUT2D eigenvalue weighted by atomic mass is 35.5. The van der Waals surface area contributed by atoms with Crippen molar-refractivity contribution in [2.24, 2.45) is 5.92 Å². The van der Waals surface area contributed by atoms with Gasteiger partial charge in [-0.05, 0) is 18.1 Å². The molecule has 1 N–H and O–H groups in total. The lowest BCUT2D eigenvalue weighted by molar-refractivity contribution is -0.122. The quantitative estimate of drug-likeness (QED) is 0.862. The number of benzene rings is 1. The van der Waals surface area contributed by atoms with Gasteiger partial charge in [0.15, 0.2) is 0 Å². The summed E-state index contributed by atoms with van der Waals surface area (Å²) in [6.07, 6.45) is 3.52. The number of anilines is 1. The van der Waals surface area contributed by atoms with Gasteiger partial charge in [0, 0.05) is 22.9 Å². The van der Waals surface area contributed by atoms with Crippen LogP contribution in [0, 0.1) is 5.92 Å². The van der Waals surface area contributed by atoms with E-state index in [1.54, 1.807) is 16.4 Å². The Kier molecular flexibility index (Phi) is 3.87. The Balaban J connectivity index is 1.51. The zero-order valence-electron chi connectivity index (χ0n) is 12.3. The molecule has 0 amide bonds. The number of carbonyl (C=O) groups is 1. The van der Waals surface area contributed by atoms with Gasteiger partial charge < -0.3 is 5.32 Å². The van der Waals surface area contributed by atoms with Gasteiger partial charge in [-0.25, -0.2) is 4.68 Å². The van der Waals surface area contributed by atoms with Crippen LogP contribution >= 0.6 is 23.4 Å². The molecule has 23 heavy (non-hydrogen) atoms. The third-order valence-corrected chi connectivity index (χ3v) is 5.35. The highest BCUT2D eigenvalue weighted by Gasteiger charge is 2.32. The Bertz CT molecular complexity index is 801. The third-order valence-electron chi connectivity index (χ3n) is 4.10. The molecule has 1 aliphatic carbocycles. The van der Waals surface area contributed by atoms with Crippen LogP contribution < -0.4 is 5.32 Å². The van der Waals surface area contributed by atoms with Crippen molar-refractivity contribution in [3.05, 3.63) is 46.6 Å². The van der Waals surface area contributed by atoms with E-state index in [0.29, 0.717) is 29.8 Å². The molecular formula is C16H15ClN4OS. The predicted molar refractivity (Wildman–Crippen MR) is 90.5 cm³/mol. The smallest absolute Gasteiger partial charge is 0.226 e. The number of hydrogen-bond acceptors (Lipinski definition) is 5. The van der Waals surface area contributed by atoms with Gasteiger partial charge in [-0.1, -0.05) is 47.6 Å². The van der Waals surface area contributed by atoms with E-state index in [1.807, 2.05) is 24.3 Å². The minimum Gasteiger partial charge on any atom is -0.328 e. The van der Waals surface area contributed by atoms with Crippen molar-refractivity contribution >= 4 is 35.1 Å². The molecule has 5 nitrogen and oxygen atoms in total. The maximum Gasteiger partial charge on any atom is 0.226 e. The Morgan fingerprint density at radius 2 is 2.26 bits per heavy atom. The number of fused-ring (bicyclic) bond motifs is 2. The van der Waals surface area contributed by atoms with Gasteiger partial charge >= 0.3 is 0 Å². The zero-order chi connectivity index (χ0) is 15.8. The van der Waals surface area contributed by atoms with Gasteiger partial charge in [-0.2, -0.15) is 4.98 Å². The molecule has 118 valence electrons. The lowest BCUT2D eigenvalue weighted by Gasteiger charge is -2.28. The van der Waals surface area contributed by atoms with E-state index in [0.717, 1.165) is 22.7 Å². The maximum atomic E-state index is 12.0. The van der Waals surface area contributed by atoms with E-state index in [2.05, 4.69) is 21.5 Å². The summed E-state index contributed by atoms with van der Waals surface area (Å²) in [5, 5.41) is 9.20. The van der Waals surface area contributed by atoms with E-state index in [-0.39, 0.29) is 11.7 Å². The zero-order valence-corrected chi connectivity index (χ0v) is 13.9. The number of hydrogen-bond donors (Lipinski definition) is 1. The Hall–Kier alpha value is -1.79. The molecule has 2 aliphatic rings. The van der Waals surface area contributed by atoms with Crippen LogP contribution in [-0.2, 0) is 17.1 Å². The molecule has 1 atom stereocenters. The molecule has 7 heteroatoms. The average Bonchev–Trinajstić information content (AvgIpc) is 2.94. The molecule has 1 aliphatic heterocycles. The summed E-state index contributed by atoms with van der Waals surface area (Å²) in [4.78, 5) is 16.6. The summed E-state index contributed by atoms with van der Waals surface area (Å²) in [6.45, 7) is 0.576. The van der Waals surface area contributed by atoms with Gasteiger partial charge in [-0.3, -0.25) is 4.79 Å². The lowest BCUT2D eigenvalue weighted by Crippen LogP contribution is -2.33. The summed E-state index contributed by atoms with van der Waals surface area (Å²) < 4.78 is 1.79. The Morgan fingerprint density at radius 1 is 1.39 bits per heavy atom. The van der Waals surface area contributed by atoms with Crippen molar-refractivity contribution in [1.29, 1.82) is 0 Å². The molecule has 0 saturated heterocycles. The van der Waals surface area contributed by atoms with E-state index < -0.39 is 0 Å². The second-order valence-corrected chi connectivity index (χ2v) is 6.97. The van der Waals surface area contributed by atoms with E-state index in [4.69, 9.17) is 11.6 Å². The predicted octanol–water partition coefficient (Wildman–Crippen LogP) is 3.51. The molecule has 0 spiro atoms. The fourth-order valence-corrected chi connectivity index (χ4v) is 3.99. The van der Waals surface area contributed by atoms with E-state index in [1.165, 1.54) is 0 Å². The maximum absolute atomic E-state index is 12.0. The normalized spacial score (nSPS) is 19.6. The fourth-order valence-electron chi connectivity index (χ4n) is 2.86. The monoisotopic (exact) mass is 346 g/mol.